The summed E-state index contributed by atoms with van der Waals surface area (Å²) in [6.45, 7) is 0. The molecule has 3 heterocycles. The first-order chi connectivity index (χ1) is 8.56. The van der Waals surface area contributed by atoms with Gasteiger partial charge in [-0.1, -0.05) is 0 Å². The Hall–Kier alpha value is -1.43. The highest BCUT2D eigenvalue weighted by Gasteiger charge is 2.45. The molecule has 6 heteroatoms. The van der Waals surface area contributed by atoms with Gasteiger partial charge in [0.25, 0.3) is 5.91 Å². The summed E-state index contributed by atoms with van der Waals surface area (Å²) in [5.41, 5.74) is 0. The van der Waals surface area contributed by atoms with E-state index in [4.69, 9.17) is 0 Å². The van der Waals surface area contributed by atoms with Gasteiger partial charge in [0.1, 0.15) is 6.04 Å². The standard InChI is InChI=1S/C12H17N3O3/c1-15-10(16)5-9(12(15)18)14-11(17)7-4-6-2-3-8(7)13-6/h6-9,13H,2-5H2,1H3,(H,14,17). The van der Waals surface area contributed by atoms with E-state index in [2.05, 4.69) is 10.6 Å². The van der Waals surface area contributed by atoms with E-state index in [1.807, 2.05) is 0 Å². The summed E-state index contributed by atoms with van der Waals surface area (Å²) in [5.74, 6) is -0.658. The number of hydrogen-bond acceptors (Lipinski definition) is 4. The van der Waals surface area contributed by atoms with Gasteiger partial charge in [-0.15, -0.1) is 0 Å². The summed E-state index contributed by atoms with van der Waals surface area (Å²) in [7, 11) is 1.45. The molecule has 2 N–H and O–H groups in total. The van der Waals surface area contributed by atoms with Crippen molar-refractivity contribution in [1.82, 2.24) is 15.5 Å². The zero-order valence-electron chi connectivity index (χ0n) is 10.3. The van der Waals surface area contributed by atoms with Gasteiger partial charge in [0.2, 0.25) is 11.8 Å². The van der Waals surface area contributed by atoms with E-state index < -0.39 is 6.04 Å². The van der Waals surface area contributed by atoms with Crippen LogP contribution in [-0.4, -0.2) is 47.8 Å². The topological polar surface area (TPSA) is 78.5 Å². The number of likely N-dealkylation sites (N-methyl/N-ethyl adjacent to an activating group) is 1. The molecule has 0 aromatic rings. The van der Waals surface area contributed by atoms with Crippen molar-refractivity contribution in [1.29, 1.82) is 0 Å². The highest BCUT2D eigenvalue weighted by atomic mass is 16.2. The van der Waals surface area contributed by atoms with Crippen molar-refractivity contribution in [2.24, 2.45) is 5.92 Å². The molecule has 4 atom stereocenters. The predicted molar refractivity (Wildman–Crippen MR) is 62.4 cm³/mol. The third kappa shape index (κ3) is 1.71. The fourth-order valence-electron chi connectivity index (χ4n) is 3.26. The summed E-state index contributed by atoms with van der Waals surface area (Å²) < 4.78 is 0. The summed E-state index contributed by atoms with van der Waals surface area (Å²) >= 11 is 0. The zero-order valence-corrected chi connectivity index (χ0v) is 10.3. The van der Waals surface area contributed by atoms with Crippen LogP contribution < -0.4 is 10.6 Å². The number of nitrogens with one attached hydrogen (secondary N) is 2. The van der Waals surface area contributed by atoms with Gasteiger partial charge in [-0.25, -0.2) is 0 Å². The number of fused-ring (bicyclic) bond motifs is 2. The molecule has 3 fully saturated rings. The maximum Gasteiger partial charge on any atom is 0.252 e. The van der Waals surface area contributed by atoms with Crippen LogP contribution in [0.2, 0.25) is 0 Å². The van der Waals surface area contributed by atoms with Gasteiger partial charge in [-0.05, 0) is 19.3 Å². The molecule has 0 radical (unpaired) electrons. The second kappa shape index (κ2) is 4.05. The van der Waals surface area contributed by atoms with Gasteiger partial charge >= 0.3 is 0 Å². The van der Waals surface area contributed by atoms with Crippen LogP contribution in [0, 0.1) is 5.92 Å². The quantitative estimate of drug-likeness (QED) is 0.617. The lowest BCUT2D eigenvalue weighted by molar-refractivity contribution is -0.138. The minimum atomic E-state index is -0.658. The minimum Gasteiger partial charge on any atom is -0.343 e. The number of imide groups is 1. The number of nitrogens with zero attached hydrogens (tertiary/aromatic N) is 1. The molecule has 3 saturated heterocycles. The van der Waals surface area contributed by atoms with Crippen molar-refractivity contribution in [3.63, 3.8) is 0 Å². The van der Waals surface area contributed by atoms with Crippen molar-refractivity contribution >= 4 is 17.7 Å². The molecule has 98 valence electrons. The Morgan fingerprint density at radius 3 is 2.67 bits per heavy atom. The number of amides is 3. The molecule has 6 nitrogen and oxygen atoms in total. The van der Waals surface area contributed by atoms with E-state index in [-0.39, 0.29) is 36.1 Å². The molecule has 3 aliphatic heterocycles. The van der Waals surface area contributed by atoms with Crippen molar-refractivity contribution < 1.29 is 14.4 Å². The smallest absolute Gasteiger partial charge is 0.252 e. The minimum absolute atomic E-state index is 0.0439. The Bertz CT molecular complexity index is 423. The third-order valence-electron chi connectivity index (χ3n) is 4.33. The summed E-state index contributed by atoms with van der Waals surface area (Å²) in [6.07, 6.45) is 3.11. The van der Waals surface area contributed by atoms with Crippen LogP contribution in [0.5, 0.6) is 0 Å². The molecule has 0 aromatic carbocycles. The summed E-state index contributed by atoms with van der Waals surface area (Å²) in [5, 5.41) is 6.11. The molecule has 2 bridgehead atoms. The number of carbonyl (C=O) groups excluding carboxylic acids is 3. The number of carbonyl (C=O) groups is 3. The van der Waals surface area contributed by atoms with Crippen LogP contribution in [0.15, 0.2) is 0 Å². The van der Waals surface area contributed by atoms with Gasteiger partial charge in [-0.3, -0.25) is 19.3 Å². The van der Waals surface area contributed by atoms with E-state index in [0.29, 0.717) is 6.04 Å². The molecule has 0 aromatic heterocycles. The monoisotopic (exact) mass is 251 g/mol. The van der Waals surface area contributed by atoms with E-state index >= 15 is 0 Å². The third-order valence-corrected chi connectivity index (χ3v) is 4.33. The Kier molecular flexibility index (Phi) is 2.62. The lowest BCUT2D eigenvalue weighted by atomic mass is 9.88. The van der Waals surface area contributed by atoms with Crippen LogP contribution in [0.3, 0.4) is 0 Å². The SMILES string of the molecule is CN1C(=O)CC(NC(=O)C2CC3CCC2N3)C1=O. The fraction of sp³-hybridized carbons (Fsp3) is 0.750. The Labute approximate surface area is 105 Å². The highest BCUT2D eigenvalue weighted by Crippen LogP contribution is 2.33. The van der Waals surface area contributed by atoms with E-state index in [0.717, 1.165) is 24.2 Å². The second-order valence-corrected chi connectivity index (χ2v) is 5.45. The molecule has 0 saturated carbocycles. The average molecular weight is 251 g/mol. The Morgan fingerprint density at radius 2 is 2.17 bits per heavy atom. The van der Waals surface area contributed by atoms with E-state index in [9.17, 15) is 14.4 Å². The Balaban J connectivity index is 1.62. The van der Waals surface area contributed by atoms with Crippen molar-refractivity contribution in [2.45, 2.75) is 43.8 Å². The molecule has 0 aliphatic carbocycles. The molecule has 3 aliphatic rings. The van der Waals surface area contributed by atoms with Gasteiger partial charge in [0.15, 0.2) is 0 Å². The summed E-state index contributed by atoms with van der Waals surface area (Å²) in [4.78, 5) is 36.3. The van der Waals surface area contributed by atoms with Crippen molar-refractivity contribution in [2.75, 3.05) is 7.05 Å². The Morgan fingerprint density at radius 1 is 1.39 bits per heavy atom. The van der Waals surface area contributed by atoms with Gasteiger partial charge < -0.3 is 10.6 Å². The van der Waals surface area contributed by atoms with E-state index in [1.165, 1.54) is 7.05 Å². The molecule has 3 rings (SSSR count). The average Bonchev–Trinajstić information content (AvgIpc) is 3.02. The molecular weight excluding hydrogens is 234 g/mol. The number of rotatable bonds is 2. The first-order valence-corrected chi connectivity index (χ1v) is 6.43. The number of hydrogen-bond donors (Lipinski definition) is 2. The van der Waals surface area contributed by atoms with Crippen molar-refractivity contribution in [3.05, 3.63) is 0 Å². The van der Waals surface area contributed by atoms with E-state index in [1.54, 1.807) is 0 Å². The molecule has 4 unspecified atom stereocenters. The first-order valence-electron chi connectivity index (χ1n) is 6.43. The maximum absolute atomic E-state index is 12.1. The van der Waals surface area contributed by atoms with Gasteiger partial charge in [0.05, 0.1) is 12.3 Å². The highest BCUT2D eigenvalue weighted by molar-refractivity contribution is 6.06. The van der Waals surface area contributed by atoms with Gasteiger partial charge in [-0.2, -0.15) is 0 Å². The largest absolute Gasteiger partial charge is 0.343 e. The lowest BCUT2D eigenvalue weighted by Crippen LogP contribution is -2.45. The maximum atomic E-state index is 12.1. The molecule has 18 heavy (non-hydrogen) atoms. The van der Waals surface area contributed by atoms with Crippen LogP contribution >= 0.6 is 0 Å². The van der Waals surface area contributed by atoms with Gasteiger partial charge in [0, 0.05) is 19.1 Å². The van der Waals surface area contributed by atoms with Crippen LogP contribution in [0.1, 0.15) is 25.7 Å². The van der Waals surface area contributed by atoms with Crippen LogP contribution in [0.25, 0.3) is 0 Å². The summed E-state index contributed by atoms with van der Waals surface area (Å²) in [6, 6.07) is 0.0448. The second-order valence-electron chi connectivity index (χ2n) is 5.45. The normalized spacial score (nSPS) is 38.6. The first kappa shape index (κ1) is 11.6. The zero-order chi connectivity index (χ0) is 12.9. The lowest BCUT2D eigenvalue weighted by Gasteiger charge is -2.21. The van der Waals surface area contributed by atoms with Crippen molar-refractivity contribution in [3.8, 4) is 0 Å². The van der Waals surface area contributed by atoms with Crippen LogP contribution in [-0.2, 0) is 14.4 Å². The molecular formula is C12H17N3O3. The molecule has 3 amide bonds. The fourth-order valence-corrected chi connectivity index (χ4v) is 3.26. The predicted octanol–water partition coefficient (Wildman–Crippen LogP) is -1.000. The number of likely N-dealkylation sites (tertiary alicyclic amines) is 1. The molecule has 0 spiro atoms. The van der Waals surface area contributed by atoms with Crippen LogP contribution in [0.4, 0.5) is 0 Å².